The Kier molecular flexibility index (Phi) is 3.36. The molecule has 0 radical (unpaired) electrons. The van der Waals surface area contributed by atoms with Crippen molar-refractivity contribution < 1.29 is 9.72 Å². The summed E-state index contributed by atoms with van der Waals surface area (Å²) in [5.74, 6) is -0.491. The Bertz CT molecular complexity index is 469. The van der Waals surface area contributed by atoms with Crippen molar-refractivity contribution in [3.05, 3.63) is 33.9 Å². The van der Waals surface area contributed by atoms with Gasteiger partial charge in [0.25, 0.3) is 5.69 Å². The number of rotatable bonds is 4. The number of primary amides is 1. The summed E-state index contributed by atoms with van der Waals surface area (Å²) in [7, 11) is 0. The quantitative estimate of drug-likeness (QED) is 0.613. The lowest BCUT2D eigenvalue weighted by Gasteiger charge is -2.24. The van der Waals surface area contributed by atoms with Gasteiger partial charge in [0, 0.05) is 17.8 Å². The number of aryl methyl sites for hydroxylation is 1. The average Bonchev–Trinajstić information content (AvgIpc) is 2.20. The first-order valence-corrected chi connectivity index (χ1v) is 5.07. The molecule has 92 valence electrons. The number of anilines is 1. The molecule has 0 aliphatic heterocycles. The predicted octanol–water partition coefficient (Wildman–Crippen LogP) is 1.58. The minimum Gasteiger partial charge on any atom is -0.371 e. The van der Waals surface area contributed by atoms with Gasteiger partial charge in [-0.2, -0.15) is 0 Å². The lowest BCUT2D eigenvalue weighted by Crippen LogP contribution is -2.45. The van der Waals surface area contributed by atoms with Crippen LogP contribution in [0.3, 0.4) is 0 Å². The van der Waals surface area contributed by atoms with Crippen LogP contribution < -0.4 is 11.1 Å². The van der Waals surface area contributed by atoms with Crippen LogP contribution in [-0.4, -0.2) is 16.4 Å². The molecule has 1 aromatic carbocycles. The molecule has 1 amide bonds. The van der Waals surface area contributed by atoms with Crippen molar-refractivity contribution in [1.82, 2.24) is 0 Å². The number of non-ortho nitro benzene ring substituents is 1. The molecule has 0 saturated heterocycles. The molecule has 0 spiro atoms. The van der Waals surface area contributed by atoms with Gasteiger partial charge in [-0.1, -0.05) is 0 Å². The van der Waals surface area contributed by atoms with E-state index < -0.39 is 16.4 Å². The van der Waals surface area contributed by atoms with Gasteiger partial charge in [-0.05, 0) is 32.4 Å². The average molecular weight is 237 g/mol. The Hall–Kier alpha value is -2.11. The van der Waals surface area contributed by atoms with Crippen molar-refractivity contribution in [1.29, 1.82) is 0 Å². The number of carbonyl (C=O) groups is 1. The lowest BCUT2D eigenvalue weighted by molar-refractivity contribution is -0.384. The van der Waals surface area contributed by atoms with Crippen molar-refractivity contribution in [3.8, 4) is 0 Å². The summed E-state index contributed by atoms with van der Waals surface area (Å²) in [5.41, 5.74) is 5.69. The second kappa shape index (κ2) is 4.40. The van der Waals surface area contributed by atoms with Crippen LogP contribution in [0.25, 0.3) is 0 Å². The van der Waals surface area contributed by atoms with Gasteiger partial charge in [-0.3, -0.25) is 14.9 Å². The van der Waals surface area contributed by atoms with E-state index in [0.717, 1.165) is 0 Å². The third kappa shape index (κ3) is 2.93. The summed E-state index contributed by atoms with van der Waals surface area (Å²) in [6, 6.07) is 4.39. The maximum Gasteiger partial charge on any atom is 0.269 e. The number of nitro groups is 1. The first-order chi connectivity index (χ1) is 7.74. The third-order valence-electron chi connectivity index (χ3n) is 2.48. The molecule has 0 aliphatic carbocycles. The summed E-state index contributed by atoms with van der Waals surface area (Å²) >= 11 is 0. The van der Waals surface area contributed by atoms with E-state index in [4.69, 9.17) is 5.73 Å². The van der Waals surface area contributed by atoms with Gasteiger partial charge in [-0.15, -0.1) is 0 Å². The van der Waals surface area contributed by atoms with Crippen molar-refractivity contribution in [2.45, 2.75) is 26.3 Å². The topological polar surface area (TPSA) is 98.3 Å². The van der Waals surface area contributed by atoms with Gasteiger partial charge in [0.2, 0.25) is 5.91 Å². The van der Waals surface area contributed by atoms with Crippen LogP contribution >= 0.6 is 0 Å². The second-order valence-corrected chi connectivity index (χ2v) is 4.37. The standard InChI is InChI=1S/C11H15N3O3/c1-7-6-8(14(16)17)4-5-9(7)13-11(2,3)10(12)15/h4-6,13H,1-3H3,(H2,12,15). The maximum absolute atomic E-state index is 11.2. The Labute approximate surface area is 99.0 Å². The van der Waals surface area contributed by atoms with E-state index in [1.807, 2.05) is 0 Å². The second-order valence-electron chi connectivity index (χ2n) is 4.37. The molecular weight excluding hydrogens is 222 g/mol. The molecule has 3 N–H and O–H groups in total. The number of nitro benzene ring substituents is 1. The summed E-state index contributed by atoms with van der Waals surface area (Å²) in [6.07, 6.45) is 0. The third-order valence-corrected chi connectivity index (χ3v) is 2.48. The zero-order chi connectivity index (χ0) is 13.2. The zero-order valence-corrected chi connectivity index (χ0v) is 9.98. The number of nitrogens with two attached hydrogens (primary N) is 1. The van der Waals surface area contributed by atoms with Gasteiger partial charge in [0.1, 0.15) is 5.54 Å². The molecule has 0 unspecified atom stereocenters. The normalized spacial score (nSPS) is 11.0. The molecule has 0 heterocycles. The fourth-order valence-corrected chi connectivity index (χ4v) is 1.30. The van der Waals surface area contributed by atoms with E-state index >= 15 is 0 Å². The SMILES string of the molecule is Cc1cc([N+](=O)[O-])ccc1NC(C)(C)C(N)=O. The fourth-order valence-electron chi connectivity index (χ4n) is 1.30. The Morgan fingerprint density at radius 3 is 2.47 bits per heavy atom. The highest BCUT2D eigenvalue weighted by atomic mass is 16.6. The molecule has 0 atom stereocenters. The van der Waals surface area contributed by atoms with Crippen molar-refractivity contribution >= 4 is 17.3 Å². The first-order valence-electron chi connectivity index (χ1n) is 5.07. The van der Waals surface area contributed by atoms with Gasteiger partial charge in [-0.25, -0.2) is 0 Å². The molecular formula is C11H15N3O3. The van der Waals surface area contributed by atoms with Gasteiger partial charge < -0.3 is 11.1 Å². The van der Waals surface area contributed by atoms with E-state index in [-0.39, 0.29) is 5.69 Å². The highest BCUT2D eigenvalue weighted by Crippen LogP contribution is 2.23. The minimum absolute atomic E-state index is 0.0185. The van der Waals surface area contributed by atoms with Crippen molar-refractivity contribution in [2.24, 2.45) is 5.73 Å². The predicted molar refractivity (Wildman–Crippen MR) is 64.7 cm³/mol. The van der Waals surface area contributed by atoms with E-state index in [1.54, 1.807) is 26.8 Å². The zero-order valence-electron chi connectivity index (χ0n) is 9.98. The molecule has 1 rings (SSSR count). The number of hydrogen-bond donors (Lipinski definition) is 2. The van der Waals surface area contributed by atoms with Crippen LogP contribution in [0, 0.1) is 17.0 Å². The van der Waals surface area contributed by atoms with Gasteiger partial charge in [0.05, 0.1) is 4.92 Å². The monoisotopic (exact) mass is 237 g/mol. The Balaban J connectivity index is 3.02. The van der Waals surface area contributed by atoms with Crippen LogP contribution in [0.2, 0.25) is 0 Å². The van der Waals surface area contributed by atoms with Gasteiger partial charge in [0.15, 0.2) is 0 Å². The van der Waals surface area contributed by atoms with E-state index in [9.17, 15) is 14.9 Å². The summed E-state index contributed by atoms with van der Waals surface area (Å²) in [4.78, 5) is 21.3. The lowest BCUT2D eigenvalue weighted by atomic mass is 10.0. The van der Waals surface area contributed by atoms with E-state index in [0.29, 0.717) is 11.3 Å². The maximum atomic E-state index is 11.2. The highest BCUT2D eigenvalue weighted by molar-refractivity contribution is 5.87. The molecule has 6 heteroatoms. The molecule has 0 saturated carbocycles. The highest BCUT2D eigenvalue weighted by Gasteiger charge is 2.25. The largest absolute Gasteiger partial charge is 0.371 e. The van der Waals surface area contributed by atoms with Gasteiger partial charge >= 0.3 is 0 Å². The number of hydrogen-bond acceptors (Lipinski definition) is 4. The van der Waals surface area contributed by atoms with Crippen LogP contribution in [0.15, 0.2) is 18.2 Å². The number of amides is 1. The van der Waals surface area contributed by atoms with E-state index in [1.165, 1.54) is 12.1 Å². The first kappa shape index (κ1) is 13.0. The molecule has 6 nitrogen and oxygen atoms in total. The molecule has 0 aromatic heterocycles. The van der Waals surface area contributed by atoms with Crippen molar-refractivity contribution in [2.75, 3.05) is 5.32 Å². The molecule has 1 aromatic rings. The Morgan fingerprint density at radius 1 is 1.47 bits per heavy atom. The number of carbonyl (C=O) groups excluding carboxylic acids is 1. The fraction of sp³-hybridized carbons (Fsp3) is 0.364. The van der Waals surface area contributed by atoms with Crippen LogP contribution in [0.4, 0.5) is 11.4 Å². The molecule has 0 bridgehead atoms. The Morgan fingerprint density at radius 2 is 2.06 bits per heavy atom. The molecule has 17 heavy (non-hydrogen) atoms. The summed E-state index contributed by atoms with van der Waals surface area (Å²) in [5, 5.41) is 13.5. The van der Waals surface area contributed by atoms with E-state index in [2.05, 4.69) is 5.32 Å². The van der Waals surface area contributed by atoms with Crippen LogP contribution in [-0.2, 0) is 4.79 Å². The van der Waals surface area contributed by atoms with Crippen LogP contribution in [0.1, 0.15) is 19.4 Å². The molecule has 0 fully saturated rings. The summed E-state index contributed by atoms with van der Waals surface area (Å²) < 4.78 is 0. The number of nitrogens with zero attached hydrogens (tertiary/aromatic N) is 1. The number of benzene rings is 1. The minimum atomic E-state index is -0.902. The molecule has 0 aliphatic rings. The smallest absolute Gasteiger partial charge is 0.269 e. The van der Waals surface area contributed by atoms with Crippen LogP contribution in [0.5, 0.6) is 0 Å². The number of nitrogens with one attached hydrogen (secondary N) is 1. The van der Waals surface area contributed by atoms with Crippen molar-refractivity contribution in [3.63, 3.8) is 0 Å². The summed E-state index contributed by atoms with van der Waals surface area (Å²) in [6.45, 7) is 5.03.